The number of rotatable bonds is 5. The van der Waals surface area contributed by atoms with Crippen LogP contribution in [0.15, 0.2) is 24.3 Å². The molecule has 0 bridgehead atoms. The summed E-state index contributed by atoms with van der Waals surface area (Å²) in [7, 11) is 0. The number of ether oxygens (including phenoxy) is 1. The highest BCUT2D eigenvalue weighted by Crippen LogP contribution is 2.22. The maximum Gasteiger partial charge on any atom is 0.244 e. The van der Waals surface area contributed by atoms with Crippen LogP contribution in [0.5, 0.6) is 0 Å². The smallest absolute Gasteiger partial charge is 0.244 e. The molecule has 1 aromatic carbocycles. The van der Waals surface area contributed by atoms with Crippen LogP contribution < -0.4 is 16.8 Å². The Morgan fingerprint density at radius 2 is 1.92 bits per heavy atom. The summed E-state index contributed by atoms with van der Waals surface area (Å²) in [5.74, 6) is -0.423. The molecule has 1 unspecified atom stereocenters. The molecule has 2 amide bonds. The standard InChI is InChI=1S/C19H28N4O3/c20-17(24)15-2-1-9-23(13-15)12-14-3-5-16(6-4-14)22-18(25)19(21)7-10-26-11-8-19/h3-6,15H,1-2,7-13,21H2,(H2,20,24)(H,22,25). The molecule has 0 aromatic heterocycles. The third-order valence-electron chi connectivity index (χ3n) is 5.36. The van der Waals surface area contributed by atoms with Crippen molar-refractivity contribution in [2.75, 3.05) is 31.6 Å². The average Bonchev–Trinajstić information content (AvgIpc) is 2.64. The van der Waals surface area contributed by atoms with Gasteiger partial charge in [0.25, 0.3) is 0 Å². The van der Waals surface area contributed by atoms with Gasteiger partial charge in [0, 0.05) is 32.0 Å². The van der Waals surface area contributed by atoms with Crippen molar-refractivity contribution in [2.45, 2.75) is 37.8 Å². The molecule has 2 fully saturated rings. The van der Waals surface area contributed by atoms with Crippen LogP contribution in [0, 0.1) is 5.92 Å². The van der Waals surface area contributed by atoms with Gasteiger partial charge in [-0.05, 0) is 49.9 Å². The second kappa shape index (κ2) is 8.16. The molecule has 2 aliphatic rings. The van der Waals surface area contributed by atoms with Crippen molar-refractivity contribution in [3.8, 4) is 0 Å². The maximum atomic E-state index is 12.4. The van der Waals surface area contributed by atoms with Gasteiger partial charge in [0.2, 0.25) is 11.8 Å². The first kappa shape index (κ1) is 18.8. The monoisotopic (exact) mass is 360 g/mol. The van der Waals surface area contributed by atoms with Gasteiger partial charge in [-0.25, -0.2) is 0 Å². The summed E-state index contributed by atoms with van der Waals surface area (Å²) in [4.78, 5) is 26.1. The second-order valence-corrected chi connectivity index (χ2v) is 7.40. The quantitative estimate of drug-likeness (QED) is 0.720. The van der Waals surface area contributed by atoms with E-state index in [0.29, 0.717) is 32.6 Å². The zero-order valence-corrected chi connectivity index (χ0v) is 15.1. The Bertz CT molecular complexity index is 641. The van der Waals surface area contributed by atoms with Gasteiger partial charge in [0.05, 0.1) is 5.92 Å². The number of amides is 2. The number of piperidine rings is 1. The van der Waals surface area contributed by atoms with Gasteiger partial charge in [0.15, 0.2) is 0 Å². The third-order valence-corrected chi connectivity index (χ3v) is 5.36. The predicted molar refractivity (Wildman–Crippen MR) is 99.2 cm³/mol. The number of anilines is 1. The third kappa shape index (κ3) is 4.60. The topological polar surface area (TPSA) is 111 Å². The lowest BCUT2D eigenvalue weighted by Gasteiger charge is -2.32. The van der Waals surface area contributed by atoms with Crippen LogP contribution >= 0.6 is 0 Å². The van der Waals surface area contributed by atoms with Crippen molar-refractivity contribution in [1.29, 1.82) is 0 Å². The Kier molecular flexibility index (Phi) is 5.90. The molecule has 3 rings (SSSR count). The summed E-state index contributed by atoms with van der Waals surface area (Å²) in [6.45, 7) is 3.50. The van der Waals surface area contributed by atoms with E-state index < -0.39 is 5.54 Å². The molecule has 1 atom stereocenters. The van der Waals surface area contributed by atoms with Crippen LogP contribution in [0.1, 0.15) is 31.2 Å². The molecule has 2 heterocycles. The fourth-order valence-corrected chi connectivity index (χ4v) is 3.60. The molecule has 0 radical (unpaired) electrons. The van der Waals surface area contributed by atoms with Crippen molar-refractivity contribution in [3.63, 3.8) is 0 Å². The van der Waals surface area contributed by atoms with Crippen molar-refractivity contribution in [2.24, 2.45) is 17.4 Å². The number of nitrogens with one attached hydrogen (secondary N) is 1. The molecule has 7 heteroatoms. The molecule has 0 aliphatic carbocycles. The molecule has 2 saturated heterocycles. The Labute approximate surface area is 154 Å². The fourth-order valence-electron chi connectivity index (χ4n) is 3.60. The van der Waals surface area contributed by atoms with Gasteiger partial charge in [0.1, 0.15) is 5.54 Å². The molecular weight excluding hydrogens is 332 g/mol. The summed E-state index contributed by atoms with van der Waals surface area (Å²) in [6.07, 6.45) is 2.94. The molecule has 0 saturated carbocycles. The molecular formula is C19H28N4O3. The number of benzene rings is 1. The van der Waals surface area contributed by atoms with Crippen molar-refractivity contribution in [3.05, 3.63) is 29.8 Å². The summed E-state index contributed by atoms with van der Waals surface area (Å²) >= 11 is 0. The molecule has 142 valence electrons. The number of hydrogen-bond donors (Lipinski definition) is 3. The zero-order chi connectivity index (χ0) is 18.6. The Morgan fingerprint density at radius 1 is 1.23 bits per heavy atom. The summed E-state index contributed by atoms with van der Waals surface area (Å²) in [6, 6.07) is 7.78. The van der Waals surface area contributed by atoms with E-state index in [9.17, 15) is 9.59 Å². The molecule has 0 spiro atoms. The van der Waals surface area contributed by atoms with Crippen LogP contribution in [-0.4, -0.2) is 48.6 Å². The first-order valence-corrected chi connectivity index (χ1v) is 9.25. The van der Waals surface area contributed by atoms with Crippen molar-refractivity contribution < 1.29 is 14.3 Å². The van der Waals surface area contributed by atoms with E-state index >= 15 is 0 Å². The van der Waals surface area contributed by atoms with Crippen LogP contribution in [0.4, 0.5) is 5.69 Å². The molecule has 1 aromatic rings. The van der Waals surface area contributed by atoms with E-state index in [1.54, 1.807) is 0 Å². The Morgan fingerprint density at radius 3 is 2.58 bits per heavy atom. The van der Waals surface area contributed by atoms with Gasteiger partial charge in [-0.2, -0.15) is 0 Å². The Balaban J connectivity index is 1.55. The maximum absolute atomic E-state index is 12.4. The summed E-state index contributed by atoms with van der Waals surface area (Å²) in [5, 5.41) is 2.91. The lowest BCUT2D eigenvalue weighted by Crippen LogP contribution is -2.54. The minimum absolute atomic E-state index is 0.0532. The van der Waals surface area contributed by atoms with Gasteiger partial charge >= 0.3 is 0 Å². The SMILES string of the molecule is NC(=O)C1CCCN(Cc2ccc(NC(=O)C3(N)CCOCC3)cc2)C1. The first-order valence-electron chi connectivity index (χ1n) is 9.25. The van der Waals surface area contributed by atoms with E-state index in [2.05, 4.69) is 10.2 Å². The number of likely N-dealkylation sites (tertiary alicyclic amines) is 1. The minimum Gasteiger partial charge on any atom is -0.381 e. The average molecular weight is 360 g/mol. The van der Waals surface area contributed by atoms with E-state index in [0.717, 1.165) is 37.2 Å². The molecule has 5 N–H and O–H groups in total. The zero-order valence-electron chi connectivity index (χ0n) is 15.1. The molecule has 26 heavy (non-hydrogen) atoms. The largest absolute Gasteiger partial charge is 0.381 e. The lowest BCUT2D eigenvalue weighted by molar-refractivity contribution is -0.124. The minimum atomic E-state index is -0.853. The molecule has 7 nitrogen and oxygen atoms in total. The van der Waals surface area contributed by atoms with Crippen LogP contribution in [0.25, 0.3) is 0 Å². The highest BCUT2D eigenvalue weighted by molar-refractivity contribution is 5.98. The van der Waals surface area contributed by atoms with E-state index in [1.807, 2.05) is 24.3 Å². The van der Waals surface area contributed by atoms with Gasteiger partial charge in [-0.15, -0.1) is 0 Å². The van der Waals surface area contributed by atoms with Crippen LogP contribution in [0.2, 0.25) is 0 Å². The number of carbonyl (C=O) groups excluding carboxylic acids is 2. The normalized spacial score (nSPS) is 23.3. The van der Waals surface area contributed by atoms with Crippen molar-refractivity contribution in [1.82, 2.24) is 4.90 Å². The number of nitrogens with two attached hydrogens (primary N) is 2. The summed E-state index contributed by atoms with van der Waals surface area (Å²) in [5.41, 5.74) is 12.7. The Hall–Kier alpha value is -1.96. The fraction of sp³-hybridized carbons (Fsp3) is 0.579. The van der Waals surface area contributed by atoms with Gasteiger partial charge in [-0.3, -0.25) is 14.5 Å². The van der Waals surface area contributed by atoms with Crippen molar-refractivity contribution >= 4 is 17.5 Å². The number of hydrogen-bond acceptors (Lipinski definition) is 5. The van der Waals surface area contributed by atoms with E-state index in [4.69, 9.17) is 16.2 Å². The second-order valence-electron chi connectivity index (χ2n) is 7.40. The predicted octanol–water partition coefficient (Wildman–Crippen LogP) is 0.830. The highest BCUT2D eigenvalue weighted by atomic mass is 16.5. The van der Waals surface area contributed by atoms with E-state index in [1.165, 1.54) is 0 Å². The van der Waals surface area contributed by atoms with Gasteiger partial charge < -0.3 is 21.5 Å². The van der Waals surface area contributed by atoms with Crippen LogP contribution in [-0.2, 0) is 20.9 Å². The molecule has 2 aliphatic heterocycles. The summed E-state index contributed by atoms with van der Waals surface area (Å²) < 4.78 is 5.28. The number of carbonyl (C=O) groups is 2. The lowest BCUT2D eigenvalue weighted by atomic mass is 9.90. The van der Waals surface area contributed by atoms with Crippen LogP contribution in [0.3, 0.4) is 0 Å². The number of primary amides is 1. The number of nitrogens with zero attached hydrogens (tertiary/aromatic N) is 1. The van der Waals surface area contributed by atoms with E-state index in [-0.39, 0.29) is 17.7 Å². The first-order chi connectivity index (χ1) is 12.5. The highest BCUT2D eigenvalue weighted by Gasteiger charge is 2.35. The van der Waals surface area contributed by atoms with Gasteiger partial charge in [-0.1, -0.05) is 12.1 Å².